The molecule has 0 saturated carbocycles. The summed E-state index contributed by atoms with van der Waals surface area (Å²) < 4.78 is 20.0. The number of nitrogens with zero attached hydrogens (tertiary/aromatic N) is 2. The largest absolute Gasteiger partial charge is 0.376 e. The number of rotatable bonds is 4. The second-order valence-corrected chi connectivity index (χ2v) is 4.99. The van der Waals surface area contributed by atoms with Crippen molar-refractivity contribution < 1.29 is 13.9 Å². The maximum atomic E-state index is 12.9. The fourth-order valence-corrected chi connectivity index (χ4v) is 2.30. The molecule has 3 rings (SSSR count). The van der Waals surface area contributed by atoms with Gasteiger partial charge in [-0.3, -0.25) is 4.79 Å². The van der Waals surface area contributed by atoms with Gasteiger partial charge in [0.1, 0.15) is 17.8 Å². The average molecular weight is 289 g/mol. The Morgan fingerprint density at radius 2 is 2.24 bits per heavy atom. The van der Waals surface area contributed by atoms with Crippen molar-refractivity contribution >= 4 is 5.91 Å². The van der Waals surface area contributed by atoms with Crippen molar-refractivity contribution in [2.75, 3.05) is 13.2 Å². The van der Waals surface area contributed by atoms with Crippen LogP contribution in [0, 0.1) is 5.82 Å². The number of hydrogen-bond donors (Lipinski definition) is 1. The molecule has 1 atom stereocenters. The molecule has 1 fully saturated rings. The van der Waals surface area contributed by atoms with E-state index in [1.54, 1.807) is 22.9 Å². The minimum atomic E-state index is -0.298. The summed E-state index contributed by atoms with van der Waals surface area (Å²) in [6.07, 6.45) is 5.28. The van der Waals surface area contributed by atoms with Gasteiger partial charge in [0.05, 0.1) is 6.10 Å². The van der Waals surface area contributed by atoms with Crippen LogP contribution in [0.25, 0.3) is 5.69 Å². The van der Waals surface area contributed by atoms with Gasteiger partial charge >= 0.3 is 0 Å². The molecule has 0 aliphatic carbocycles. The summed E-state index contributed by atoms with van der Waals surface area (Å²) in [6.45, 7) is 1.27. The Labute approximate surface area is 121 Å². The van der Waals surface area contributed by atoms with Crippen LogP contribution in [-0.4, -0.2) is 34.7 Å². The van der Waals surface area contributed by atoms with Crippen LogP contribution in [0.5, 0.6) is 0 Å². The quantitative estimate of drug-likeness (QED) is 0.935. The molecule has 0 unspecified atom stereocenters. The molecule has 1 aliphatic heterocycles. The monoisotopic (exact) mass is 289 g/mol. The molecule has 1 aliphatic rings. The lowest BCUT2D eigenvalue weighted by molar-refractivity contribution is 0.0854. The van der Waals surface area contributed by atoms with Crippen LogP contribution in [0.1, 0.15) is 23.3 Å². The predicted octanol–water partition coefficient (Wildman–Crippen LogP) is 1.92. The van der Waals surface area contributed by atoms with Crippen LogP contribution in [0.15, 0.2) is 36.8 Å². The molecule has 1 aromatic carbocycles. The van der Waals surface area contributed by atoms with Crippen molar-refractivity contribution in [3.63, 3.8) is 0 Å². The number of ether oxygens (including phenoxy) is 1. The van der Waals surface area contributed by atoms with Gasteiger partial charge in [0.15, 0.2) is 0 Å². The zero-order chi connectivity index (χ0) is 14.7. The molecule has 1 amide bonds. The van der Waals surface area contributed by atoms with Gasteiger partial charge < -0.3 is 14.6 Å². The summed E-state index contributed by atoms with van der Waals surface area (Å²) in [6, 6.07) is 6.00. The Morgan fingerprint density at radius 1 is 1.43 bits per heavy atom. The first-order chi connectivity index (χ1) is 10.2. The van der Waals surface area contributed by atoms with E-state index >= 15 is 0 Å². The summed E-state index contributed by atoms with van der Waals surface area (Å²) >= 11 is 0. The molecule has 2 heterocycles. The predicted molar refractivity (Wildman–Crippen MR) is 74.8 cm³/mol. The Bertz CT molecular complexity index is 618. The van der Waals surface area contributed by atoms with E-state index in [-0.39, 0.29) is 17.8 Å². The van der Waals surface area contributed by atoms with Gasteiger partial charge in [0.25, 0.3) is 5.91 Å². The van der Waals surface area contributed by atoms with E-state index in [1.165, 1.54) is 18.5 Å². The van der Waals surface area contributed by atoms with Crippen LogP contribution < -0.4 is 5.32 Å². The Kier molecular flexibility index (Phi) is 3.96. The van der Waals surface area contributed by atoms with Crippen LogP contribution in [0.4, 0.5) is 4.39 Å². The van der Waals surface area contributed by atoms with Gasteiger partial charge in [-0.2, -0.15) is 0 Å². The Hall–Kier alpha value is -2.21. The normalized spacial score (nSPS) is 17.9. The zero-order valence-corrected chi connectivity index (χ0v) is 11.5. The second kappa shape index (κ2) is 6.05. The van der Waals surface area contributed by atoms with Crippen LogP contribution in [-0.2, 0) is 4.74 Å². The summed E-state index contributed by atoms with van der Waals surface area (Å²) in [5.74, 6) is -0.528. The van der Waals surface area contributed by atoms with E-state index in [2.05, 4.69) is 10.3 Å². The number of imidazole rings is 1. The maximum absolute atomic E-state index is 12.9. The average Bonchev–Trinajstić information content (AvgIpc) is 3.17. The number of amides is 1. The number of nitrogens with one attached hydrogen (secondary N) is 1. The number of hydrogen-bond acceptors (Lipinski definition) is 3. The van der Waals surface area contributed by atoms with Gasteiger partial charge in [-0.05, 0) is 37.1 Å². The molecule has 0 bridgehead atoms. The van der Waals surface area contributed by atoms with E-state index in [1.807, 2.05) is 0 Å². The molecule has 21 heavy (non-hydrogen) atoms. The topological polar surface area (TPSA) is 56.1 Å². The lowest BCUT2D eigenvalue weighted by Crippen LogP contribution is -2.31. The van der Waals surface area contributed by atoms with Crippen LogP contribution in [0.3, 0.4) is 0 Å². The molecule has 1 aromatic heterocycles. The van der Waals surface area contributed by atoms with Crippen LogP contribution >= 0.6 is 0 Å². The minimum Gasteiger partial charge on any atom is -0.376 e. The van der Waals surface area contributed by atoms with Crippen molar-refractivity contribution in [3.05, 3.63) is 48.3 Å². The molecular formula is C15H16FN3O2. The van der Waals surface area contributed by atoms with Gasteiger partial charge in [0.2, 0.25) is 0 Å². The minimum absolute atomic E-state index is 0.105. The fourth-order valence-electron chi connectivity index (χ4n) is 2.30. The van der Waals surface area contributed by atoms with Crippen molar-refractivity contribution in [1.82, 2.24) is 14.9 Å². The van der Waals surface area contributed by atoms with Gasteiger partial charge in [-0.1, -0.05) is 0 Å². The lowest BCUT2D eigenvalue weighted by Gasteiger charge is -2.09. The van der Waals surface area contributed by atoms with E-state index in [9.17, 15) is 9.18 Å². The molecule has 0 radical (unpaired) electrons. The first kappa shape index (κ1) is 13.8. The van der Waals surface area contributed by atoms with Gasteiger partial charge in [-0.25, -0.2) is 9.37 Å². The second-order valence-electron chi connectivity index (χ2n) is 4.99. The summed E-state index contributed by atoms with van der Waals surface area (Å²) in [4.78, 5) is 16.1. The molecule has 2 aromatic rings. The molecular weight excluding hydrogens is 273 g/mol. The molecule has 0 spiro atoms. The SMILES string of the molecule is O=C(NC[C@@H]1CCCO1)c1cn(-c2ccc(F)cc2)cn1. The number of benzene rings is 1. The van der Waals surface area contributed by atoms with Gasteiger partial charge in [0, 0.05) is 25.0 Å². The standard InChI is InChI=1S/C15H16FN3O2/c16-11-3-5-12(6-4-11)19-9-14(18-10-19)15(20)17-8-13-2-1-7-21-13/h3-6,9-10,13H,1-2,7-8H2,(H,17,20)/t13-/m0/s1. The molecule has 1 saturated heterocycles. The van der Waals surface area contributed by atoms with Crippen molar-refractivity contribution in [1.29, 1.82) is 0 Å². The lowest BCUT2D eigenvalue weighted by atomic mass is 10.2. The highest BCUT2D eigenvalue weighted by atomic mass is 19.1. The fraction of sp³-hybridized carbons (Fsp3) is 0.333. The molecule has 1 N–H and O–H groups in total. The molecule has 6 heteroatoms. The summed E-state index contributed by atoms with van der Waals surface area (Å²) in [5, 5.41) is 2.82. The van der Waals surface area contributed by atoms with E-state index in [0.29, 0.717) is 12.2 Å². The van der Waals surface area contributed by atoms with Gasteiger partial charge in [-0.15, -0.1) is 0 Å². The smallest absolute Gasteiger partial charge is 0.271 e. The molecule has 5 nitrogen and oxygen atoms in total. The summed E-state index contributed by atoms with van der Waals surface area (Å²) in [5.41, 5.74) is 1.08. The Balaban J connectivity index is 1.63. The number of carbonyl (C=O) groups is 1. The third kappa shape index (κ3) is 3.28. The van der Waals surface area contributed by atoms with Crippen molar-refractivity contribution in [3.8, 4) is 5.69 Å². The van der Waals surface area contributed by atoms with Crippen molar-refractivity contribution in [2.24, 2.45) is 0 Å². The first-order valence-corrected chi connectivity index (χ1v) is 6.92. The van der Waals surface area contributed by atoms with Crippen molar-refractivity contribution in [2.45, 2.75) is 18.9 Å². The number of carbonyl (C=O) groups excluding carboxylic acids is 1. The Morgan fingerprint density at radius 3 is 2.95 bits per heavy atom. The van der Waals surface area contributed by atoms with E-state index in [4.69, 9.17) is 4.74 Å². The zero-order valence-electron chi connectivity index (χ0n) is 11.5. The third-order valence-corrected chi connectivity index (χ3v) is 3.45. The van der Waals surface area contributed by atoms with E-state index in [0.717, 1.165) is 25.1 Å². The summed E-state index contributed by atoms with van der Waals surface area (Å²) in [7, 11) is 0. The third-order valence-electron chi connectivity index (χ3n) is 3.45. The number of aromatic nitrogens is 2. The maximum Gasteiger partial charge on any atom is 0.271 e. The highest BCUT2D eigenvalue weighted by molar-refractivity contribution is 5.92. The highest BCUT2D eigenvalue weighted by Crippen LogP contribution is 2.12. The number of halogens is 1. The molecule has 110 valence electrons. The van der Waals surface area contributed by atoms with E-state index < -0.39 is 0 Å². The van der Waals surface area contributed by atoms with Crippen LogP contribution in [0.2, 0.25) is 0 Å². The highest BCUT2D eigenvalue weighted by Gasteiger charge is 2.17. The first-order valence-electron chi connectivity index (χ1n) is 6.92.